The molecule has 1 aliphatic heterocycles. The van der Waals surface area contributed by atoms with Crippen molar-refractivity contribution in [2.45, 2.75) is 38.4 Å². The van der Waals surface area contributed by atoms with Crippen molar-refractivity contribution >= 4 is 17.7 Å². The number of nitrogens with one attached hydrogen (secondary N) is 1. The topological polar surface area (TPSA) is 50.4 Å². The van der Waals surface area contributed by atoms with Crippen molar-refractivity contribution in [2.75, 3.05) is 18.8 Å². The highest BCUT2D eigenvalue weighted by Crippen LogP contribution is 2.25. The van der Waals surface area contributed by atoms with Gasteiger partial charge in [0.1, 0.15) is 0 Å². The van der Waals surface area contributed by atoms with Gasteiger partial charge in [0.05, 0.1) is 6.54 Å². The van der Waals surface area contributed by atoms with E-state index in [2.05, 4.69) is 24.2 Å². The molecule has 0 saturated carbocycles. The Balaban J connectivity index is 2.09. The monoisotopic (exact) mass is 229 g/mol. The number of nitrogens with zero attached hydrogens (tertiary/aromatic N) is 1. The maximum atomic E-state index is 5.77. The first-order chi connectivity index (χ1) is 7.18. The van der Waals surface area contributed by atoms with Gasteiger partial charge in [-0.3, -0.25) is 4.99 Å². The fourth-order valence-corrected chi connectivity index (χ4v) is 2.71. The summed E-state index contributed by atoms with van der Waals surface area (Å²) in [4.78, 5) is 4.37. The minimum Gasteiger partial charge on any atom is -0.370 e. The number of thioether (sulfide) groups is 1. The van der Waals surface area contributed by atoms with E-state index in [1.165, 1.54) is 18.6 Å². The first-order valence-corrected chi connectivity index (χ1v) is 6.88. The lowest BCUT2D eigenvalue weighted by atomic mass is 10.1. The van der Waals surface area contributed by atoms with Gasteiger partial charge >= 0.3 is 0 Å². The van der Waals surface area contributed by atoms with E-state index < -0.39 is 0 Å². The third-order valence-electron chi connectivity index (χ3n) is 2.52. The summed E-state index contributed by atoms with van der Waals surface area (Å²) in [6.45, 7) is 6.24. The van der Waals surface area contributed by atoms with Crippen LogP contribution in [0.4, 0.5) is 0 Å². The van der Waals surface area contributed by atoms with Crippen LogP contribution >= 0.6 is 11.8 Å². The van der Waals surface area contributed by atoms with Gasteiger partial charge in [-0.15, -0.1) is 0 Å². The molecule has 4 heteroatoms. The minimum atomic E-state index is 0.614. The molecule has 3 N–H and O–H groups in total. The van der Waals surface area contributed by atoms with Gasteiger partial charge in [-0.05, 0) is 30.9 Å². The van der Waals surface area contributed by atoms with Crippen LogP contribution in [-0.2, 0) is 0 Å². The van der Waals surface area contributed by atoms with Crippen molar-refractivity contribution in [1.29, 1.82) is 0 Å². The van der Waals surface area contributed by atoms with E-state index in [1.54, 1.807) is 0 Å². The summed E-state index contributed by atoms with van der Waals surface area (Å²) in [7, 11) is 0. The van der Waals surface area contributed by atoms with E-state index in [0.29, 0.717) is 11.2 Å². The smallest absolute Gasteiger partial charge is 0.188 e. The molecule has 88 valence electrons. The molecular formula is C11H23N3S. The second-order valence-electron chi connectivity index (χ2n) is 4.47. The molecule has 1 fully saturated rings. The lowest BCUT2D eigenvalue weighted by Crippen LogP contribution is -2.33. The zero-order valence-corrected chi connectivity index (χ0v) is 10.6. The number of hydrogen-bond acceptors (Lipinski definition) is 2. The predicted octanol–water partition coefficient (Wildman–Crippen LogP) is 1.83. The van der Waals surface area contributed by atoms with Crippen LogP contribution in [0.1, 0.15) is 33.1 Å². The van der Waals surface area contributed by atoms with Crippen molar-refractivity contribution < 1.29 is 0 Å². The first kappa shape index (κ1) is 12.7. The van der Waals surface area contributed by atoms with Crippen LogP contribution in [0, 0.1) is 5.92 Å². The summed E-state index contributed by atoms with van der Waals surface area (Å²) in [5.41, 5.74) is 5.77. The third kappa shape index (κ3) is 5.92. The van der Waals surface area contributed by atoms with Crippen LogP contribution in [0.25, 0.3) is 0 Å². The van der Waals surface area contributed by atoms with Crippen LogP contribution in [-0.4, -0.2) is 30.1 Å². The fraction of sp³-hybridized carbons (Fsp3) is 0.909. The average molecular weight is 229 g/mol. The number of hydrogen-bond donors (Lipinski definition) is 2. The Hall–Kier alpha value is -0.380. The molecule has 1 saturated heterocycles. The molecule has 1 rings (SSSR count). The third-order valence-corrected chi connectivity index (χ3v) is 3.90. The Morgan fingerprint density at radius 3 is 3.00 bits per heavy atom. The first-order valence-electron chi connectivity index (χ1n) is 5.84. The molecule has 0 spiro atoms. The molecular weight excluding hydrogens is 206 g/mol. The predicted molar refractivity (Wildman–Crippen MR) is 69.4 cm³/mol. The molecule has 1 atom stereocenters. The van der Waals surface area contributed by atoms with Crippen molar-refractivity contribution in [3.8, 4) is 0 Å². The van der Waals surface area contributed by atoms with Crippen molar-refractivity contribution in [2.24, 2.45) is 16.6 Å². The van der Waals surface area contributed by atoms with Crippen LogP contribution in [0.5, 0.6) is 0 Å². The standard InChI is InChI=1S/C11H23N3S/c1-9(2)5-6-13-11(12)14-8-10-4-3-7-15-10/h9-10H,3-8H2,1-2H3,(H3,12,13,14). The maximum absolute atomic E-state index is 5.77. The molecule has 0 radical (unpaired) electrons. The average Bonchev–Trinajstić information content (AvgIpc) is 2.66. The van der Waals surface area contributed by atoms with Gasteiger partial charge in [0.15, 0.2) is 5.96 Å². The zero-order chi connectivity index (χ0) is 11.1. The van der Waals surface area contributed by atoms with E-state index in [4.69, 9.17) is 5.73 Å². The molecule has 0 aromatic heterocycles. The van der Waals surface area contributed by atoms with E-state index in [9.17, 15) is 0 Å². The highest BCUT2D eigenvalue weighted by atomic mass is 32.2. The normalized spacial score (nSPS) is 22.3. The van der Waals surface area contributed by atoms with Gasteiger partial charge in [0.2, 0.25) is 0 Å². The number of aliphatic imine (C=N–C) groups is 1. The van der Waals surface area contributed by atoms with Gasteiger partial charge in [0.25, 0.3) is 0 Å². The molecule has 3 nitrogen and oxygen atoms in total. The molecule has 1 heterocycles. The van der Waals surface area contributed by atoms with E-state index in [1.807, 2.05) is 11.8 Å². The van der Waals surface area contributed by atoms with E-state index in [-0.39, 0.29) is 0 Å². The SMILES string of the molecule is CC(C)CCNC(N)=NCC1CCCS1. The lowest BCUT2D eigenvalue weighted by Gasteiger charge is -2.09. The Morgan fingerprint density at radius 1 is 1.60 bits per heavy atom. The van der Waals surface area contributed by atoms with Crippen LogP contribution in [0.15, 0.2) is 4.99 Å². The molecule has 15 heavy (non-hydrogen) atoms. The van der Waals surface area contributed by atoms with Gasteiger partial charge in [-0.2, -0.15) is 11.8 Å². The summed E-state index contributed by atoms with van der Waals surface area (Å²) in [6.07, 6.45) is 3.79. The van der Waals surface area contributed by atoms with E-state index >= 15 is 0 Å². The lowest BCUT2D eigenvalue weighted by molar-refractivity contribution is 0.576. The quantitative estimate of drug-likeness (QED) is 0.558. The van der Waals surface area contributed by atoms with Crippen LogP contribution in [0.2, 0.25) is 0 Å². The number of guanidine groups is 1. The van der Waals surface area contributed by atoms with E-state index in [0.717, 1.165) is 25.4 Å². The molecule has 1 unspecified atom stereocenters. The molecule has 0 aromatic rings. The minimum absolute atomic E-state index is 0.614. The highest BCUT2D eigenvalue weighted by Gasteiger charge is 2.14. The largest absolute Gasteiger partial charge is 0.370 e. The Morgan fingerprint density at radius 2 is 2.40 bits per heavy atom. The Bertz CT molecular complexity index is 198. The van der Waals surface area contributed by atoms with Crippen LogP contribution in [0.3, 0.4) is 0 Å². The maximum Gasteiger partial charge on any atom is 0.188 e. The molecule has 0 aliphatic carbocycles. The highest BCUT2D eigenvalue weighted by molar-refractivity contribution is 8.00. The zero-order valence-electron chi connectivity index (χ0n) is 9.83. The molecule has 0 aromatic carbocycles. The van der Waals surface area contributed by atoms with Crippen molar-refractivity contribution in [3.05, 3.63) is 0 Å². The molecule has 0 bridgehead atoms. The van der Waals surface area contributed by atoms with Gasteiger partial charge in [0, 0.05) is 11.8 Å². The molecule has 0 amide bonds. The summed E-state index contributed by atoms with van der Waals surface area (Å²) in [6, 6.07) is 0. The summed E-state index contributed by atoms with van der Waals surface area (Å²) < 4.78 is 0. The summed E-state index contributed by atoms with van der Waals surface area (Å²) in [5.74, 6) is 2.62. The Labute approximate surface area is 97.3 Å². The van der Waals surface area contributed by atoms with Gasteiger partial charge in [-0.25, -0.2) is 0 Å². The summed E-state index contributed by atoms with van der Waals surface area (Å²) in [5, 5.41) is 3.86. The van der Waals surface area contributed by atoms with Gasteiger partial charge < -0.3 is 11.1 Å². The molecule has 1 aliphatic rings. The van der Waals surface area contributed by atoms with Crippen molar-refractivity contribution in [3.63, 3.8) is 0 Å². The fourth-order valence-electron chi connectivity index (χ4n) is 1.53. The number of rotatable bonds is 5. The Kier molecular flexibility index (Phi) is 5.91. The second kappa shape index (κ2) is 6.99. The second-order valence-corrected chi connectivity index (χ2v) is 5.88. The number of nitrogens with two attached hydrogens (primary N) is 1. The summed E-state index contributed by atoms with van der Waals surface area (Å²) >= 11 is 2.02. The van der Waals surface area contributed by atoms with Gasteiger partial charge in [-0.1, -0.05) is 13.8 Å². The van der Waals surface area contributed by atoms with Crippen LogP contribution < -0.4 is 11.1 Å². The van der Waals surface area contributed by atoms with Crippen molar-refractivity contribution in [1.82, 2.24) is 5.32 Å².